The number of para-hydroxylation sites is 5. The molecule has 1 aliphatic heterocycles. The quantitative estimate of drug-likeness (QED) is 0.219. The number of nitriles is 1. The minimum Gasteiger partial charge on any atom is -0.310 e. The maximum atomic E-state index is 10.4. The van der Waals surface area contributed by atoms with Gasteiger partial charge in [-0.15, -0.1) is 0 Å². The highest BCUT2D eigenvalue weighted by Gasteiger charge is 2.36. The van der Waals surface area contributed by atoms with Gasteiger partial charge < -0.3 is 9.47 Å². The Morgan fingerprint density at radius 2 is 1.14 bits per heavy atom. The first-order valence-corrected chi connectivity index (χ1v) is 14.7. The van der Waals surface area contributed by atoms with Crippen molar-refractivity contribution in [3.05, 3.63) is 156 Å². The molecule has 3 nitrogen and oxygen atoms in total. The summed E-state index contributed by atoms with van der Waals surface area (Å²) in [7, 11) is 0. The highest BCUT2D eigenvalue weighted by molar-refractivity contribution is 6.10. The van der Waals surface area contributed by atoms with Gasteiger partial charge in [0.2, 0.25) is 0 Å². The van der Waals surface area contributed by atoms with Crippen LogP contribution in [0, 0.1) is 11.3 Å². The standard InChI is InChI=1S/C40H29N3/c1-40(2)33-19-5-9-23-37(33)42(38-24-10-6-20-34(38)40)29-15-11-13-27(25-29)30-18-12-14-28(26-41)39(30)43-35-21-7-3-16-31(35)32-17-4-8-22-36(32)43/h3-25H,1-2H3. The Kier molecular flexibility index (Phi) is 5.54. The number of benzene rings is 6. The van der Waals surface area contributed by atoms with Gasteiger partial charge in [-0.05, 0) is 59.2 Å². The van der Waals surface area contributed by atoms with Crippen molar-refractivity contribution < 1.29 is 0 Å². The zero-order valence-electron chi connectivity index (χ0n) is 24.1. The average Bonchev–Trinajstić information content (AvgIpc) is 3.39. The van der Waals surface area contributed by atoms with Gasteiger partial charge in [0, 0.05) is 27.4 Å². The van der Waals surface area contributed by atoms with Crippen LogP contribution in [0.25, 0.3) is 38.6 Å². The molecule has 0 radical (unpaired) electrons. The molecular formula is C40H29N3. The number of hydrogen-bond acceptors (Lipinski definition) is 2. The van der Waals surface area contributed by atoms with E-state index in [1.54, 1.807) is 0 Å². The highest BCUT2D eigenvalue weighted by Crippen LogP contribution is 2.52. The van der Waals surface area contributed by atoms with E-state index in [2.05, 4.69) is 157 Å². The molecule has 1 aliphatic rings. The van der Waals surface area contributed by atoms with Crippen molar-refractivity contribution in [2.24, 2.45) is 0 Å². The molecule has 0 bridgehead atoms. The highest BCUT2D eigenvalue weighted by atomic mass is 15.2. The van der Waals surface area contributed by atoms with Crippen molar-refractivity contribution in [2.75, 3.05) is 4.90 Å². The van der Waals surface area contributed by atoms with Crippen LogP contribution in [0.2, 0.25) is 0 Å². The Morgan fingerprint density at radius 1 is 0.581 bits per heavy atom. The zero-order valence-corrected chi connectivity index (χ0v) is 24.1. The van der Waals surface area contributed by atoms with E-state index in [4.69, 9.17) is 0 Å². The van der Waals surface area contributed by atoms with Crippen LogP contribution in [0.15, 0.2) is 140 Å². The van der Waals surface area contributed by atoms with Gasteiger partial charge in [-0.3, -0.25) is 0 Å². The Bertz CT molecular complexity index is 2140. The number of anilines is 3. The molecule has 0 atom stereocenters. The maximum absolute atomic E-state index is 10.4. The van der Waals surface area contributed by atoms with Crippen LogP contribution in [0.4, 0.5) is 17.1 Å². The fourth-order valence-corrected chi connectivity index (χ4v) is 7.03. The average molecular weight is 552 g/mol. The molecule has 0 N–H and O–H groups in total. The second kappa shape index (κ2) is 9.48. The third-order valence-corrected chi connectivity index (χ3v) is 9.01. The van der Waals surface area contributed by atoms with Crippen molar-refractivity contribution in [3.8, 4) is 22.9 Å². The van der Waals surface area contributed by atoms with Crippen LogP contribution in [0.1, 0.15) is 30.5 Å². The Labute approximate surface area is 251 Å². The van der Waals surface area contributed by atoms with Crippen LogP contribution in [0.5, 0.6) is 0 Å². The Balaban J connectivity index is 1.38. The molecule has 6 aromatic carbocycles. The topological polar surface area (TPSA) is 32.0 Å². The molecule has 8 rings (SSSR count). The number of nitrogens with zero attached hydrogens (tertiary/aromatic N) is 3. The minimum atomic E-state index is -0.119. The molecule has 1 aromatic heterocycles. The molecule has 0 spiro atoms. The molecule has 0 saturated heterocycles. The van der Waals surface area contributed by atoms with Crippen molar-refractivity contribution in [2.45, 2.75) is 19.3 Å². The summed E-state index contributed by atoms with van der Waals surface area (Å²) < 4.78 is 2.26. The Morgan fingerprint density at radius 3 is 1.77 bits per heavy atom. The van der Waals surface area contributed by atoms with Crippen molar-refractivity contribution in [1.29, 1.82) is 5.26 Å². The van der Waals surface area contributed by atoms with Crippen LogP contribution in [0.3, 0.4) is 0 Å². The first-order valence-electron chi connectivity index (χ1n) is 14.7. The lowest BCUT2D eigenvalue weighted by Crippen LogP contribution is -2.30. The molecule has 0 unspecified atom stereocenters. The van der Waals surface area contributed by atoms with E-state index in [0.717, 1.165) is 33.5 Å². The van der Waals surface area contributed by atoms with Crippen LogP contribution >= 0.6 is 0 Å². The van der Waals surface area contributed by atoms with E-state index < -0.39 is 0 Å². The summed E-state index contributed by atoms with van der Waals surface area (Å²) in [6.07, 6.45) is 0. The molecule has 0 saturated carbocycles. The first kappa shape index (κ1) is 25.1. The van der Waals surface area contributed by atoms with Gasteiger partial charge >= 0.3 is 0 Å². The van der Waals surface area contributed by atoms with Gasteiger partial charge in [0.15, 0.2) is 0 Å². The van der Waals surface area contributed by atoms with E-state index in [9.17, 15) is 5.26 Å². The molecule has 0 amide bonds. The van der Waals surface area contributed by atoms with Gasteiger partial charge in [-0.2, -0.15) is 5.26 Å². The second-order valence-corrected chi connectivity index (χ2v) is 11.7. The number of aromatic nitrogens is 1. The fraction of sp³-hybridized carbons (Fsp3) is 0.0750. The van der Waals surface area contributed by atoms with Gasteiger partial charge in [0.1, 0.15) is 6.07 Å². The molecule has 0 fully saturated rings. The minimum absolute atomic E-state index is 0.119. The fourth-order valence-electron chi connectivity index (χ4n) is 7.03. The smallest absolute Gasteiger partial charge is 0.101 e. The monoisotopic (exact) mass is 551 g/mol. The van der Waals surface area contributed by atoms with Crippen molar-refractivity contribution in [3.63, 3.8) is 0 Å². The van der Waals surface area contributed by atoms with E-state index in [1.165, 1.54) is 33.3 Å². The zero-order chi connectivity index (χ0) is 29.1. The van der Waals surface area contributed by atoms with E-state index in [1.807, 2.05) is 12.1 Å². The number of rotatable bonds is 3. The second-order valence-electron chi connectivity index (χ2n) is 11.7. The van der Waals surface area contributed by atoms with E-state index in [-0.39, 0.29) is 5.41 Å². The number of hydrogen-bond donors (Lipinski definition) is 0. The van der Waals surface area contributed by atoms with Crippen LogP contribution in [-0.4, -0.2) is 4.57 Å². The van der Waals surface area contributed by atoms with E-state index >= 15 is 0 Å². The van der Waals surface area contributed by atoms with Crippen molar-refractivity contribution in [1.82, 2.24) is 4.57 Å². The Hall–Kier alpha value is -5.59. The SMILES string of the molecule is CC1(C)c2ccccc2N(c2cccc(-c3cccc(C#N)c3-n3c4ccccc4c4ccccc43)c2)c2ccccc21. The van der Waals surface area contributed by atoms with Gasteiger partial charge in [0.05, 0.1) is 33.7 Å². The molecule has 7 aromatic rings. The molecule has 0 aliphatic carbocycles. The molecule has 2 heterocycles. The summed E-state index contributed by atoms with van der Waals surface area (Å²) in [5.41, 5.74) is 11.8. The van der Waals surface area contributed by atoms with Crippen LogP contribution in [-0.2, 0) is 5.41 Å². The largest absolute Gasteiger partial charge is 0.310 e. The molecule has 3 heteroatoms. The van der Waals surface area contributed by atoms with Crippen molar-refractivity contribution >= 4 is 38.9 Å². The third kappa shape index (κ3) is 3.67. The lowest BCUT2D eigenvalue weighted by atomic mass is 9.73. The molecule has 43 heavy (non-hydrogen) atoms. The van der Waals surface area contributed by atoms with Gasteiger partial charge in [0.25, 0.3) is 0 Å². The van der Waals surface area contributed by atoms with E-state index in [0.29, 0.717) is 5.56 Å². The molecular weight excluding hydrogens is 522 g/mol. The predicted octanol–water partition coefficient (Wildman–Crippen LogP) is 10.4. The summed E-state index contributed by atoms with van der Waals surface area (Å²) in [4.78, 5) is 2.38. The van der Waals surface area contributed by atoms with Gasteiger partial charge in [-0.25, -0.2) is 0 Å². The lowest BCUT2D eigenvalue weighted by molar-refractivity contribution is 0.632. The van der Waals surface area contributed by atoms with Gasteiger partial charge in [-0.1, -0.05) is 111 Å². The molecule has 204 valence electrons. The third-order valence-electron chi connectivity index (χ3n) is 9.01. The number of fused-ring (bicyclic) bond motifs is 5. The lowest BCUT2D eigenvalue weighted by Gasteiger charge is -2.42. The summed E-state index contributed by atoms with van der Waals surface area (Å²) in [5, 5.41) is 12.7. The summed E-state index contributed by atoms with van der Waals surface area (Å²) in [6, 6.07) is 51.7. The summed E-state index contributed by atoms with van der Waals surface area (Å²) in [5.74, 6) is 0. The summed E-state index contributed by atoms with van der Waals surface area (Å²) >= 11 is 0. The maximum Gasteiger partial charge on any atom is 0.101 e. The predicted molar refractivity (Wildman–Crippen MR) is 178 cm³/mol. The first-order chi connectivity index (χ1) is 21.1. The summed E-state index contributed by atoms with van der Waals surface area (Å²) in [6.45, 7) is 4.62. The normalized spacial score (nSPS) is 13.5. The van der Waals surface area contributed by atoms with Crippen LogP contribution < -0.4 is 4.90 Å².